The smallest absolute Gasteiger partial charge is 0.384 e. The van der Waals surface area contributed by atoms with E-state index in [1.165, 1.54) is 32.4 Å². The van der Waals surface area contributed by atoms with Crippen LogP contribution in [0, 0.1) is 17.8 Å². The van der Waals surface area contributed by atoms with Gasteiger partial charge >= 0.3 is 5.97 Å². The SMILES string of the molecule is COC(=O)C#Cc1coc2cnc(C(=O)NC3CC4CCN3CC4)cc12. The third kappa shape index (κ3) is 3.16. The Kier molecular flexibility index (Phi) is 4.35. The summed E-state index contributed by atoms with van der Waals surface area (Å²) >= 11 is 0. The highest BCUT2D eigenvalue weighted by atomic mass is 16.5. The highest BCUT2D eigenvalue weighted by Gasteiger charge is 2.34. The fraction of sp³-hybridized carbons (Fsp3) is 0.421. The van der Waals surface area contributed by atoms with Gasteiger partial charge in [-0.05, 0) is 31.2 Å². The van der Waals surface area contributed by atoms with Crippen molar-refractivity contribution in [2.75, 3.05) is 20.2 Å². The molecule has 2 bridgehead atoms. The van der Waals surface area contributed by atoms with Crippen LogP contribution in [0.5, 0.6) is 0 Å². The lowest BCUT2D eigenvalue weighted by Gasteiger charge is -2.45. The molecule has 5 heterocycles. The lowest BCUT2D eigenvalue weighted by atomic mass is 9.86. The Bertz CT molecular complexity index is 916. The normalized spacial score (nSPS) is 24.0. The van der Waals surface area contributed by atoms with E-state index in [9.17, 15) is 9.59 Å². The minimum Gasteiger partial charge on any atom is -0.461 e. The van der Waals surface area contributed by atoms with E-state index in [-0.39, 0.29) is 12.1 Å². The van der Waals surface area contributed by atoms with Crippen molar-refractivity contribution in [2.24, 2.45) is 5.92 Å². The number of amides is 1. The topological polar surface area (TPSA) is 84.7 Å². The summed E-state index contributed by atoms with van der Waals surface area (Å²) in [5.41, 5.74) is 1.33. The number of nitrogens with one attached hydrogen (secondary N) is 1. The average molecular weight is 353 g/mol. The van der Waals surface area contributed by atoms with Crippen LogP contribution in [0.25, 0.3) is 11.0 Å². The summed E-state index contributed by atoms with van der Waals surface area (Å²) in [6, 6.07) is 1.64. The van der Waals surface area contributed by atoms with Gasteiger partial charge in [0, 0.05) is 24.4 Å². The molecule has 3 fully saturated rings. The Morgan fingerprint density at radius 2 is 2.19 bits per heavy atom. The average Bonchev–Trinajstić information content (AvgIpc) is 3.09. The van der Waals surface area contributed by atoms with E-state index >= 15 is 0 Å². The van der Waals surface area contributed by atoms with Crippen LogP contribution in [0.15, 0.2) is 22.9 Å². The molecule has 134 valence electrons. The largest absolute Gasteiger partial charge is 0.461 e. The van der Waals surface area contributed by atoms with Gasteiger partial charge in [-0.1, -0.05) is 5.92 Å². The summed E-state index contributed by atoms with van der Waals surface area (Å²) < 4.78 is 9.89. The minimum atomic E-state index is -0.632. The molecule has 0 saturated carbocycles. The van der Waals surface area contributed by atoms with Gasteiger partial charge in [0.25, 0.3) is 5.91 Å². The van der Waals surface area contributed by atoms with Crippen LogP contribution in [-0.4, -0.2) is 48.1 Å². The van der Waals surface area contributed by atoms with Crippen molar-refractivity contribution in [3.63, 3.8) is 0 Å². The summed E-state index contributed by atoms with van der Waals surface area (Å²) in [5.74, 6) is 4.92. The molecule has 1 unspecified atom stereocenters. The van der Waals surface area contributed by atoms with Gasteiger partial charge in [0.15, 0.2) is 5.58 Å². The minimum absolute atomic E-state index is 0.0791. The molecule has 3 aliphatic heterocycles. The maximum absolute atomic E-state index is 12.6. The number of pyridine rings is 1. The molecule has 0 aromatic carbocycles. The lowest BCUT2D eigenvalue weighted by molar-refractivity contribution is -0.133. The molecule has 1 atom stereocenters. The number of furan rings is 1. The molecular weight excluding hydrogens is 334 g/mol. The molecular formula is C19H19N3O4. The first-order chi connectivity index (χ1) is 12.6. The van der Waals surface area contributed by atoms with Crippen molar-refractivity contribution in [1.29, 1.82) is 0 Å². The first-order valence-electron chi connectivity index (χ1n) is 8.66. The molecule has 7 nitrogen and oxygen atoms in total. The molecule has 0 spiro atoms. The van der Waals surface area contributed by atoms with Gasteiger partial charge in [0.1, 0.15) is 12.0 Å². The number of carbonyl (C=O) groups is 2. The van der Waals surface area contributed by atoms with Gasteiger partial charge in [-0.25, -0.2) is 9.78 Å². The summed E-state index contributed by atoms with van der Waals surface area (Å²) in [6.45, 7) is 2.08. The first kappa shape index (κ1) is 16.6. The molecule has 7 heteroatoms. The van der Waals surface area contributed by atoms with Crippen LogP contribution in [0.3, 0.4) is 0 Å². The van der Waals surface area contributed by atoms with Crippen molar-refractivity contribution in [1.82, 2.24) is 15.2 Å². The van der Waals surface area contributed by atoms with E-state index in [1.54, 1.807) is 6.07 Å². The predicted molar refractivity (Wildman–Crippen MR) is 93.1 cm³/mol. The highest BCUT2D eigenvalue weighted by Crippen LogP contribution is 2.30. The maximum Gasteiger partial charge on any atom is 0.384 e. The van der Waals surface area contributed by atoms with E-state index in [4.69, 9.17) is 4.42 Å². The fourth-order valence-electron chi connectivity index (χ4n) is 3.66. The Morgan fingerprint density at radius 1 is 1.38 bits per heavy atom. The summed E-state index contributed by atoms with van der Waals surface area (Å²) in [4.78, 5) is 30.3. The molecule has 1 N–H and O–H groups in total. The Labute approximate surface area is 150 Å². The van der Waals surface area contributed by atoms with Gasteiger partial charge < -0.3 is 14.5 Å². The maximum atomic E-state index is 12.6. The standard InChI is InChI=1S/C19H19N3O4/c1-25-18(23)3-2-13-11-26-16-10-20-15(9-14(13)16)19(24)21-17-8-12-4-6-22(17)7-5-12/h9-12,17H,4-8H2,1H3,(H,21,24). The lowest BCUT2D eigenvalue weighted by Crippen LogP contribution is -2.56. The molecule has 2 aromatic rings. The zero-order chi connectivity index (χ0) is 18.1. The van der Waals surface area contributed by atoms with Crippen LogP contribution in [0.1, 0.15) is 35.3 Å². The molecule has 5 rings (SSSR count). The number of piperidine rings is 3. The molecule has 1 amide bonds. The number of rotatable bonds is 2. The molecule has 26 heavy (non-hydrogen) atoms. The molecule has 3 saturated heterocycles. The molecule has 0 radical (unpaired) electrons. The van der Waals surface area contributed by atoms with Crippen molar-refractivity contribution in [2.45, 2.75) is 25.4 Å². The van der Waals surface area contributed by atoms with E-state index in [0.29, 0.717) is 28.1 Å². The summed E-state index contributed by atoms with van der Waals surface area (Å²) in [5, 5.41) is 3.73. The molecule has 0 aliphatic carbocycles. The monoisotopic (exact) mass is 353 g/mol. The van der Waals surface area contributed by atoms with Crippen molar-refractivity contribution < 1.29 is 18.7 Å². The number of esters is 1. The number of fused-ring (bicyclic) bond motifs is 4. The van der Waals surface area contributed by atoms with Gasteiger partial charge in [-0.15, -0.1) is 0 Å². The summed E-state index contributed by atoms with van der Waals surface area (Å²) in [7, 11) is 1.27. The van der Waals surface area contributed by atoms with Crippen molar-refractivity contribution in [3.05, 3.63) is 29.8 Å². The summed E-state index contributed by atoms with van der Waals surface area (Å²) in [6.07, 6.45) is 6.45. The second-order valence-electron chi connectivity index (χ2n) is 6.66. The van der Waals surface area contributed by atoms with Crippen LogP contribution in [0.2, 0.25) is 0 Å². The Hall–Kier alpha value is -2.85. The zero-order valence-corrected chi connectivity index (χ0v) is 14.4. The number of methoxy groups -OCH3 is 1. The molecule has 3 aliphatic rings. The quantitative estimate of drug-likeness (QED) is 0.651. The third-order valence-corrected chi connectivity index (χ3v) is 5.12. The predicted octanol–water partition coefficient (Wildman–Crippen LogP) is 1.52. The molecule has 2 aromatic heterocycles. The first-order valence-corrected chi connectivity index (χ1v) is 8.66. The van der Waals surface area contributed by atoms with Crippen molar-refractivity contribution >= 4 is 22.8 Å². The number of nitrogens with zero attached hydrogens (tertiary/aromatic N) is 2. The van der Waals surface area contributed by atoms with Gasteiger partial charge in [-0.2, -0.15) is 0 Å². The van der Waals surface area contributed by atoms with Crippen LogP contribution in [-0.2, 0) is 9.53 Å². The van der Waals surface area contributed by atoms with Crippen LogP contribution in [0.4, 0.5) is 0 Å². The van der Waals surface area contributed by atoms with E-state index in [0.717, 1.165) is 19.5 Å². The Balaban J connectivity index is 1.55. The van der Waals surface area contributed by atoms with Gasteiger partial charge in [0.2, 0.25) is 0 Å². The van der Waals surface area contributed by atoms with Gasteiger partial charge in [-0.3, -0.25) is 9.69 Å². The van der Waals surface area contributed by atoms with Crippen LogP contribution < -0.4 is 5.32 Å². The number of carbonyl (C=O) groups excluding carboxylic acids is 2. The number of hydrogen-bond acceptors (Lipinski definition) is 6. The highest BCUT2D eigenvalue weighted by molar-refractivity contribution is 5.97. The van der Waals surface area contributed by atoms with Gasteiger partial charge in [0.05, 0.1) is 25.0 Å². The zero-order valence-electron chi connectivity index (χ0n) is 14.4. The number of ether oxygens (including phenoxy) is 1. The number of hydrogen-bond donors (Lipinski definition) is 1. The second kappa shape index (κ2) is 6.81. The Morgan fingerprint density at radius 3 is 2.88 bits per heavy atom. The van der Waals surface area contributed by atoms with Crippen molar-refractivity contribution in [3.8, 4) is 11.8 Å². The third-order valence-electron chi connectivity index (χ3n) is 5.12. The van der Waals surface area contributed by atoms with Crippen LogP contribution >= 0.6 is 0 Å². The second-order valence-corrected chi connectivity index (χ2v) is 6.66. The fourth-order valence-corrected chi connectivity index (χ4v) is 3.66. The van der Waals surface area contributed by atoms with E-state index in [2.05, 4.69) is 31.8 Å². The van der Waals surface area contributed by atoms with E-state index < -0.39 is 5.97 Å². The van der Waals surface area contributed by atoms with E-state index in [1.807, 2.05) is 0 Å². The number of aromatic nitrogens is 1.